The number of halogens is 3. The Kier molecular flexibility index (Phi) is 11.1. The molecule has 1 saturated carbocycles. The summed E-state index contributed by atoms with van der Waals surface area (Å²) in [6, 6.07) is 7.64. The van der Waals surface area contributed by atoms with Crippen molar-refractivity contribution in [3.63, 3.8) is 0 Å². The average Bonchev–Trinajstić information content (AvgIpc) is 3.18. The highest BCUT2D eigenvalue weighted by Crippen LogP contribution is 2.28. The molecule has 3 N–H and O–H groups in total. The number of rotatable bonds is 9. The molecule has 0 spiro atoms. The van der Waals surface area contributed by atoms with Crippen LogP contribution in [0.2, 0.25) is 0 Å². The summed E-state index contributed by atoms with van der Waals surface area (Å²) in [5.74, 6) is -1.61. The number of ether oxygens (including phenoxy) is 1. The number of benzene rings is 1. The zero-order valence-electron chi connectivity index (χ0n) is 21.5. The molecule has 2 aromatic rings. The van der Waals surface area contributed by atoms with E-state index >= 15 is 0 Å². The molecule has 3 rings (SSSR count). The van der Waals surface area contributed by atoms with Gasteiger partial charge in [0.2, 0.25) is 5.89 Å². The molecule has 206 valence electrons. The lowest BCUT2D eigenvalue weighted by Gasteiger charge is -2.30. The molecule has 11 heteroatoms. The number of nitrogens with zero attached hydrogens (tertiary/aromatic N) is 1. The van der Waals surface area contributed by atoms with Crippen LogP contribution in [0.5, 0.6) is 0 Å². The Hall–Kier alpha value is -2.92. The fourth-order valence-electron chi connectivity index (χ4n) is 4.06. The highest BCUT2D eigenvalue weighted by Gasteiger charge is 2.38. The van der Waals surface area contributed by atoms with E-state index in [1.165, 1.54) is 5.56 Å². The number of nitrogens with one attached hydrogen (secondary N) is 1. The van der Waals surface area contributed by atoms with E-state index in [4.69, 9.17) is 19.1 Å². The molecule has 0 aliphatic heterocycles. The zero-order chi connectivity index (χ0) is 27.8. The Morgan fingerprint density at radius 1 is 1.16 bits per heavy atom. The summed E-state index contributed by atoms with van der Waals surface area (Å²) in [6.07, 6.45) is -0.725. The van der Waals surface area contributed by atoms with Crippen molar-refractivity contribution >= 4 is 11.9 Å². The monoisotopic (exact) mass is 528 g/mol. The first-order valence-corrected chi connectivity index (χ1v) is 12.2. The molecular weight excluding hydrogens is 493 g/mol. The van der Waals surface area contributed by atoms with Gasteiger partial charge in [-0.25, -0.2) is 9.78 Å². The van der Waals surface area contributed by atoms with Crippen LogP contribution in [-0.4, -0.2) is 52.0 Å². The molecule has 1 aliphatic carbocycles. The van der Waals surface area contributed by atoms with E-state index in [2.05, 4.69) is 29.4 Å². The maximum atomic E-state index is 11.4. The van der Waals surface area contributed by atoms with Gasteiger partial charge in [0.1, 0.15) is 17.5 Å². The molecule has 2 unspecified atom stereocenters. The van der Waals surface area contributed by atoms with Crippen molar-refractivity contribution in [2.45, 2.75) is 78.3 Å². The van der Waals surface area contributed by atoms with Gasteiger partial charge < -0.3 is 24.7 Å². The largest absolute Gasteiger partial charge is 0.490 e. The summed E-state index contributed by atoms with van der Waals surface area (Å²) >= 11 is 0. The second-order valence-corrected chi connectivity index (χ2v) is 9.62. The smallest absolute Gasteiger partial charge is 0.480 e. The van der Waals surface area contributed by atoms with Gasteiger partial charge in [-0.2, -0.15) is 13.2 Å². The summed E-state index contributed by atoms with van der Waals surface area (Å²) in [6.45, 7) is 9.01. The third-order valence-electron chi connectivity index (χ3n) is 6.18. The lowest BCUT2D eigenvalue weighted by Crippen LogP contribution is -2.44. The van der Waals surface area contributed by atoms with Crippen LogP contribution >= 0.6 is 0 Å². The fourth-order valence-corrected chi connectivity index (χ4v) is 4.06. The highest BCUT2D eigenvalue weighted by molar-refractivity contribution is 5.73. The quantitative estimate of drug-likeness (QED) is 0.397. The van der Waals surface area contributed by atoms with Crippen molar-refractivity contribution < 1.29 is 42.1 Å². The topological polar surface area (TPSA) is 122 Å². The third kappa shape index (κ3) is 9.81. The van der Waals surface area contributed by atoms with Crippen LogP contribution in [0, 0.1) is 25.7 Å². The van der Waals surface area contributed by atoms with Crippen molar-refractivity contribution in [2.24, 2.45) is 11.8 Å². The number of aliphatic carboxylic acids is 2. The molecule has 1 aromatic carbocycles. The molecule has 3 atom stereocenters. The van der Waals surface area contributed by atoms with E-state index in [9.17, 15) is 23.1 Å². The van der Waals surface area contributed by atoms with Gasteiger partial charge in [0.25, 0.3) is 0 Å². The van der Waals surface area contributed by atoms with Crippen molar-refractivity contribution in [3.8, 4) is 11.5 Å². The number of aromatic nitrogens is 1. The molecular formula is C26H35F3N2O6. The van der Waals surface area contributed by atoms with Gasteiger partial charge in [-0.05, 0) is 63.6 Å². The second kappa shape index (κ2) is 13.6. The minimum atomic E-state index is -5.08. The number of oxazole rings is 1. The van der Waals surface area contributed by atoms with E-state index in [-0.39, 0.29) is 12.0 Å². The summed E-state index contributed by atoms with van der Waals surface area (Å²) in [5, 5.41) is 19.7. The minimum Gasteiger partial charge on any atom is -0.480 e. The minimum absolute atomic E-state index is 0.0657. The Balaban J connectivity index is 0.000000604. The van der Waals surface area contributed by atoms with Gasteiger partial charge in [-0.1, -0.05) is 38.0 Å². The van der Waals surface area contributed by atoms with Crippen LogP contribution in [0.3, 0.4) is 0 Å². The maximum Gasteiger partial charge on any atom is 0.490 e. The molecule has 1 heterocycles. The SMILES string of the molecule is Cc1ccc(-c2nc(COC3CCCC(CN[C@H](C(=O)O)C(C)C)C3)c(C)o2)cc1.O=C(O)C(F)(F)F. The molecule has 8 nitrogen and oxygen atoms in total. The fraction of sp³-hybridized carbons (Fsp3) is 0.577. The van der Waals surface area contributed by atoms with E-state index in [1.54, 1.807) is 0 Å². The van der Waals surface area contributed by atoms with Crippen LogP contribution < -0.4 is 5.32 Å². The Morgan fingerprint density at radius 2 is 1.78 bits per heavy atom. The molecule has 1 aliphatic rings. The first-order chi connectivity index (χ1) is 17.3. The Bertz CT molecular complexity index is 1020. The molecule has 0 radical (unpaired) electrons. The first-order valence-electron chi connectivity index (χ1n) is 12.2. The number of hydrogen-bond donors (Lipinski definition) is 3. The van der Waals surface area contributed by atoms with Crippen LogP contribution in [0.15, 0.2) is 28.7 Å². The normalized spacial score (nSPS) is 18.7. The van der Waals surface area contributed by atoms with Crippen molar-refractivity contribution in [2.75, 3.05) is 6.54 Å². The van der Waals surface area contributed by atoms with Gasteiger partial charge in [0.15, 0.2) is 0 Å². The molecule has 0 amide bonds. The molecule has 1 fully saturated rings. The van der Waals surface area contributed by atoms with Gasteiger partial charge >= 0.3 is 18.1 Å². The number of carboxylic acids is 2. The number of hydrogen-bond acceptors (Lipinski definition) is 6. The van der Waals surface area contributed by atoms with Crippen molar-refractivity contribution in [1.29, 1.82) is 0 Å². The van der Waals surface area contributed by atoms with E-state index < -0.39 is 24.2 Å². The molecule has 0 saturated heterocycles. The van der Waals surface area contributed by atoms with Crippen LogP contribution in [0.25, 0.3) is 11.5 Å². The molecule has 37 heavy (non-hydrogen) atoms. The van der Waals surface area contributed by atoms with Crippen LogP contribution in [0.4, 0.5) is 13.2 Å². The second-order valence-electron chi connectivity index (χ2n) is 9.62. The summed E-state index contributed by atoms with van der Waals surface area (Å²) in [5.41, 5.74) is 3.02. The van der Waals surface area contributed by atoms with E-state index in [0.717, 1.165) is 49.2 Å². The zero-order valence-corrected chi connectivity index (χ0v) is 21.5. The lowest BCUT2D eigenvalue weighted by atomic mass is 9.86. The predicted molar refractivity (Wildman–Crippen MR) is 130 cm³/mol. The van der Waals surface area contributed by atoms with Gasteiger partial charge in [-0.3, -0.25) is 4.79 Å². The predicted octanol–water partition coefficient (Wildman–Crippen LogP) is 5.37. The standard InChI is InChI=1S/C24H34N2O4.C2HF3O2/c1-15(2)22(24(27)28)25-13-18-6-5-7-20(12-18)29-14-21-17(4)30-23(26-21)19-10-8-16(3)9-11-19;3-2(4,5)1(6)7/h8-11,15,18,20,22,25H,5-7,12-14H2,1-4H3,(H,27,28);(H,6,7)/t18?,20?,22-;/m0./s1. The van der Waals surface area contributed by atoms with E-state index in [0.29, 0.717) is 18.4 Å². The van der Waals surface area contributed by atoms with Gasteiger partial charge in [0, 0.05) is 5.56 Å². The van der Waals surface area contributed by atoms with Gasteiger partial charge in [0.05, 0.1) is 12.7 Å². The molecule has 0 bridgehead atoms. The molecule has 1 aromatic heterocycles. The number of carboxylic acid groups (broad SMARTS) is 2. The highest BCUT2D eigenvalue weighted by atomic mass is 19.4. The van der Waals surface area contributed by atoms with Crippen molar-refractivity contribution in [3.05, 3.63) is 41.3 Å². The first kappa shape index (κ1) is 30.3. The average molecular weight is 529 g/mol. The van der Waals surface area contributed by atoms with Crippen LogP contribution in [0.1, 0.15) is 56.5 Å². The summed E-state index contributed by atoms with van der Waals surface area (Å²) in [7, 11) is 0. The van der Waals surface area contributed by atoms with Crippen molar-refractivity contribution in [1.82, 2.24) is 10.3 Å². The van der Waals surface area contributed by atoms with E-state index in [1.807, 2.05) is 32.9 Å². The van der Waals surface area contributed by atoms with Crippen LogP contribution in [-0.2, 0) is 20.9 Å². The summed E-state index contributed by atoms with van der Waals surface area (Å²) in [4.78, 5) is 24.9. The Labute approximate surface area is 214 Å². The van der Waals surface area contributed by atoms with Gasteiger partial charge in [-0.15, -0.1) is 0 Å². The maximum absolute atomic E-state index is 11.4. The third-order valence-corrected chi connectivity index (χ3v) is 6.18. The number of carbonyl (C=O) groups is 2. The number of alkyl halides is 3. The Morgan fingerprint density at radius 3 is 2.32 bits per heavy atom. The lowest BCUT2D eigenvalue weighted by molar-refractivity contribution is -0.192. The number of aryl methyl sites for hydroxylation is 2. The summed E-state index contributed by atoms with van der Waals surface area (Å²) < 4.78 is 43.8.